The lowest BCUT2D eigenvalue weighted by molar-refractivity contribution is -0.153. The Kier molecular flexibility index (Phi) is 6.70. The highest BCUT2D eigenvalue weighted by Crippen LogP contribution is 2.44. The highest BCUT2D eigenvalue weighted by Gasteiger charge is 2.40. The maximum absolute atomic E-state index is 13.1. The fourth-order valence-electron chi connectivity index (χ4n) is 5.19. The van der Waals surface area contributed by atoms with E-state index in [1.54, 1.807) is 4.90 Å². The summed E-state index contributed by atoms with van der Waals surface area (Å²) >= 11 is 0. The van der Waals surface area contributed by atoms with E-state index in [1.165, 1.54) is 0 Å². The number of aliphatic carboxylic acids is 1. The number of carboxylic acids is 1. The lowest BCUT2D eigenvalue weighted by Crippen LogP contribution is -2.54. The van der Waals surface area contributed by atoms with E-state index in [9.17, 15) is 14.4 Å². The predicted molar refractivity (Wildman–Crippen MR) is 125 cm³/mol. The smallest absolute Gasteiger partial charge is 0.407 e. The van der Waals surface area contributed by atoms with E-state index in [2.05, 4.69) is 29.6 Å². The largest absolute Gasteiger partial charge is 0.481 e. The van der Waals surface area contributed by atoms with Crippen molar-refractivity contribution in [1.82, 2.24) is 10.2 Å². The molecule has 0 radical (unpaired) electrons. The topological polar surface area (TPSA) is 114 Å². The van der Waals surface area contributed by atoms with E-state index in [4.69, 9.17) is 19.3 Å². The normalized spacial score (nSPS) is 23.4. The number of nitrogens with zero attached hydrogens (tertiary/aromatic N) is 1. The van der Waals surface area contributed by atoms with E-state index in [1.807, 2.05) is 24.3 Å². The minimum atomic E-state index is -0.976. The van der Waals surface area contributed by atoms with Gasteiger partial charge >= 0.3 is 12.1 Å². The van der Waals surface area contributed by atoms with Crippen molar-refractivity contribution in [3.63, 3.8) is 0 Å². The Morgan fingerprint density at radius 2 is 1.69 bits per heavy atom. The second kappa shape index (κ2) is 10.1. The summed E-state index contributed by atoms with van der Waals surface area (Å²) in [5.74, 6) is -1.30. The minimum absolute atomic E-state index is 0.0510. The third kappa shape index (κ3) is 4.87. The van der Waals surface area contributed by atoms with Crippen LogP contribution in [0.25, 0.3) is 11.1 Å². The first-order chi connectivity index (χ1) is 17.0. The number of carbonyl (C=O) groups is 3. The van der Waals surface area contributed by atoms with Crippen molar-refractivity contribution in [2.75, 3.05) is 32.9 Å². The number of carbonyl (C=O) groups excluding carboxylic acids is 2. The monoisotopic (exact) mass is 480 g/mol. The molecule has 2 aliphatic heterocycles. The molecule has 1 unspecified atom stereocenters. The quantitative estimate of drug-likeness (QED) is 0.653. The van der Waals surface area contributed by atoms with Gasteiger partial charge in [-0.3, -0.25) is 9.59 Å². The Hall–Kier alpha value is -3.43. The lowest BCUT2D eigenvalue weighted by Gasteiger charge is -2.34. The summed E-state index contributed by atoms with van der Waals surface area (Å²) in [7, 11) is 0. The number of alkyl carbamates (subject to hydrolysis) is 1. The molecule has 0 saturated carbocycles. The summed E-state index contributed by atoms with van der Waals surface area (Å²) < 4.78 is 16.7. The van der Waals surface area contributed by atoms with Gasteiger partial charge in [-0.25, -0.2) is 4.79 Å². The molecule has 9 nitrogen and oxygen atoms in total. The van der Waals surface area contributed by atoms with Crippen molar-refractivity contribution in [2.45, 2.75) is 37.0 Å². The number of nitrogens with one attached hydrogen (secondary N) is 1. The average molecular weight is 481 g/mol. The number of benzene rings is 2. The summed E-state index contributed by atoms with van der Waals surface area (Å²) in [6, 6.07) is 15.7. The van der Waals surface area contributed by atoms with Crippen LogP contribution in [-0.2, 0) is 23.8 Å². The molecule has 0 aromatic heterocycles. The van der Waals surface area contributed by atoms with Crippen molar-refractivity contribution in [3.8, 4) is 11.1 Å². The van der Waals surface area contributed by atoms with Crippen LogP contribution in [0.5, 0.6) is 0 Å². The van der Waals surface area contributed by atoms with E-state index in [-0.39, 0.29) is 38.0 Å². The van der Waals surface area contributed by atoms with Crippen LogP contribution in [0.1, 0.15) is 29.9 Å². The maximum atomic E-state index is 13.1. The second-order valence-corrected chi connectivity index (χ2v) is 9.03. The average Bonchev–Trinajstić information content (AvgIpc) is 3.44. The molecule has 2 N–H and O–H groups in total. The summed E-state index contributed by atoms with van der Waals surface area (Å²) in [4.78, 5) is 38.3. The van der Waals surface area contributed by atoms with Crippen molar-refractivity contribution < 1.29 is 33.7 Å². The van der Waals surface area contributed by atoms with Crippen molar-refractivity contribution in [1.29, 1.82) is 0 Å². The van der Waals surface area contributed by atoms with Gasteiger partial charge in [0.1, 0.15) is 6.61 Å². The Morgan fingerprint density at radius 1 is 1.00 bits per heavy atom. The number of morpholine rings is 1. The van der Waals surface area contributed by atoms with Gasteiger partial charge in [-0.2, -0.15) is 0 Å². The van der Waals surface area contributed by atoms with Crippen LogP contribution in [0.2, 0.25) is 0 Å². The number of rotatable bonds is 6. The Labute approximate surface area is 203 Å². The van der Waals surface area contributed by atoms with Crippen LogP contribution in [0.4, 0.5) is 4.79 Å². The van der Waals surface area contributed by atoms with Gasteiger partial charge in [-0.15, -0.1) is 0 Å². The van der Waals surface area contributed by atoms with Gasteiger partial charge in [0.05, 0.1) is 25.2 Å². The molecular formula is C26H28N2O7. The van der Waals surface area contributed by atoms with Gasteiger partial charge in [0.15, 0.2) is 6.10 Å². The highest BCUT2D eigenvalue weighted by molar-refractivity contribution is 5.83. The molecule has 2 heterocycles. The molecule has 3 aliphatic rings. The number of hydrogen-bond donors (Lipinski definition) is 2. The molecule has 5 rings (SSSR count). The summed E-state index contributed by atoms with van der Waals surface area (Å²) in [6.07, 6.45) is -1.66. The predicted octanol–water partition coefficient (Wildman–Crippen LogP) is 2.38. The summed E-state index contributed by atoms with van der Waals surface area (Å²) in [5, 5.41) is 11.8. The van der Waals surface area contributed by atoms with Crippen molar-refractivity contribution in [3.05, 3.63) is 59.7 Å². The van der Waals surface area contributed by atoms with E-state index < -0.39 is 30.3 Å². The molecule has 184 valence electrons. The molecule has 2 fully saturated rings. The first-order valence-electron chi connectivity index (χ1n) is 11.9. The molecule has 9 heteroatoms. The standard InChI is InChI=1S/C26H28N2O7/c29-23(30)13-16-14-28(10-12-33-16)25(31)24-22(9-11-34-24)27-26(32)35-15-21-19-7-3-1-5-17(19)18-6-2-4-8-20(18)21/h1-8,16,21-22,24H,9-15H2,(H,27,32)(H,29,30)/t16?,22-,24+/m0/s1. The van der Waals surface area contributed by atoms with Gasteiger partial charge in [-0.1, -0.05) is 48.5 Å². The molecule has 35 heavy (non-hydrogen) atoms. The van der Waals surface area contributed by atoms with Gasteiger partial charge < -0.3 is 29.5 Å². The highest BCUT2D eigenvalue weighted by atomic mass is 16.6. The Bertz CT molecular complexity index is 1070. The number of amides is 2. The van der Waals surface area contributed by atoms with Gasteiger partial charge in [0, 0.05) is 25.6 Å². The zero-order chi connectivity index (χ0) is 24.4. The first kappa shape index (κ1) is 23.3. The van der Waals surface area contributed by atoms with Crippen LogP contribution < -0.4 is 5.32 Å². The SMILES string of the molecule is O=C(O)CC1CN(C(=O)[C@@H]2OCC[C@@H]2NC(=O)OCC2c3ccccc3-c3ccccc32)CCO1. The third-order valence-corrected chi connectivity index (χ3v) is 6.83. The minimum Gasteiger partial charge on any atom is -0.481 e. The fraction of sp³-hybridized carbons (Fsp3) is 0.423. The molecule has 2 amide bonds. The second-order valence-electron chi connectivity index (χ2n) is 9.03. The zero-order valence-electron chi connectivity index (χ0n) is 19.2. The number of ether oxygens (including phenoxy) is 3. The van der Waals surface area contributed by atoms with Gasteiger partial charge in [0.2, 0.25) is 0 Å². The zero-order valence-corrected chi connectivity index (χ0v) is 19.2. The van der Waals surface area contributed by atoms with Crippen LogP contribution in [0.15, 0.2) is 48.5 Å². The number of hydrogen-bond acceptors (Lipinski definition) is 6. The maximum Gasteiger partial charge on any atom is 0.407 e. The van der Waals surface area contributed by atoms with Crippen LogP contribution in [-0.4, -0.2) is 79.1 Å². The molecule has 0 spiro atoms. The van der Waals surface area contributed by atoms with Crippen LogP contribution >= 0.6 is 0 Å². The molecule has 2 aromatic carbocycles. The van der Waals surface area contributed by atoms with Crippen molar-refractivity contribution >= 4 is 18.0 Å². The van der Waals surface area contributed by atoms with Crippen LogP contribution in [0, 0.1) is 0 Å². The van der Waals surface area contributed by atoms with E-state index in [0.29, 0.717) is 19.6 Å². The molecule has 2 saturated heterocycles. The number of fused-ring (bicyclic) bond motifs is 3. The lowest BCUT2D eigenvalue weighted by atomic mass is 9.98. The van der Waals surface area contributed by atoms with E-state index >= 15 is 0 Å². The Balaban J connectivity index is 1.19. The molecule has 2 aromatic rings. The van der Waals surface area contributed by atoms with Gasteiger partial charge in [-0.05, 0) is 28.7 Å². The molecule has 1 aliphatic carbocycles. The molecule has 3 atom stereocenters. The summed E-state index contributed by atoms with van der Waals surface area (Å²) in [5.41, 5.74) is 4.56. The number of carboxylic acid groups (broad SMARTS) is 1. The summed E-state index contributed by atoms with van der Waals surface area (Å²) in [6.45, 7) is 1.33. The van der Waals surface area contributed by atoms with E-state index in [0.717, 1.165) is 22.3 Å². The van der Waals surface area contributed by atoms with Crippen LogP contribution in [0.3, 0.4) is 0 Å². The molecular weight excluding hydrogens is 452 g/mol. The third-order valence-electron chi connectivity index (χ3n) is 6.83. The first-order valence-corrected chi connectivity index (χ1v) is 11.9. The van der Waals surface area contributed by atoms with Crippen molar-refractivity contribution in [2.24, 2.45) is 0 Å². The molecule has 0 bridgehead atoms. The Morgan fingerprint density at radius 3 is 2.37 bits per heavy atom. The van der Waals surface area contributed by atoms with Gasteiger partial charge in [0.25, 0.3) is 5.91 Å². The fourth-order valence-corrected chi connectivity index (χ4v) is 5.19.